The summed E-state index contributed by atoms with van der Waals surface area (Å²) in [6.45, 7) is 1.86. The highest BCUT2D eigenvalue weighted by Crippen LogP contribution is 2.35. The van der Waals surface area contributed by atoms with Crippen molar-refractivity contribution in [1.29, 1.82) is 0 Å². The van der Waals surface area contributed by atoms with Gasteiger partial charge in [0, 0.05) is 11.6 Å². The van der Waals surface area contributed by atoms with Crippen molar-refractivity contribution in [3.8, 4) is 0 Å². The molecule has 6 nitrogen and oxygen atoms in total. The predicted molar refractivity (Wildman–Crippen MR) is 111 cm³/mol. The zero-order valence-corrected chi connectivity index (χ0v) is 17.0. The number of hydrogen-bond donors (Lipinski definition) is 1. The Hall–Kier alpha value is -3.06. The van der Waals surface area contributed by atoms with Crippen LogP contribution >= 0.6 is 0 Å². The van der Waals surface area contributed by atoms with Gasteiger partial charge >= 0.3 is 0 Å². The SMILES string of the molecule is CC1Cc2cc(C(=O)NC(c3ccccc3)c3ccco3)ccc2N1S(C)(=O)=O. The molecule has 1 aliphatic heterocycles. The van der Waals surface area contributed by atoms with E-state index in [1.165, 1.54) is 10.6 Å². The Bertz CT molecular complexity index is 1120. The lowest BCUT2D eigenvalue weighted by Crippen LogP contribution is -2.34. The Morgan fingerprint density at radius 3 is 2.55 bits per heavy atom. The summed E-state index contributed by atoms with van der Waals surface area (Å²) in [5.41, 5.74) is 2.89. The molecule has 0 saturated carbocycles. The van der Waals surface area contributed by atoms with E-state index in [0.29, 0.717) is 23.4 Å². The van der Waals surface area contributed by atoms with E-state index in [2.05, 4.69) is 5.32 Å². The molecule has 4 rings (SSSR count). The van der Waals surface area contributed by atoms with Crippen LogP contribution in [0.2, 0.25) is 0 Å². The van der Waals surface area contributed by atoms with Crippen molar-refractivity contribution in [1.82, 2.24) is 5.32 Å². The van der Waals surface area contributed by atoms with Crippen LogP contribution in [-0.2, 0) is 16.4 Å². The molecule has 2 heterocycles. The summed E-state index contributed by atoms with van der Waals surface area (Å²) in [5, 5.41) is 3.03. The molecule has 0 bridgehead atoms. The third kappa shape index (κ3) is 3.78. The molecule has 2 atom stereocenters. The van der Waals surface area contributed by atoms with Gasteiger partial charge in [0.05, 0.1) is 18.2 Å². The second kappa shape index (κ2) is 7.40. The summed E-state index contributed by atoms with van der Waals surface area (Å²) >= 11 is 0. The maximum Gasteiger partial charge on any atom is 0.252 e. The summed E-state index contributed by atoms with van der Waals surface area (Å²) < 4.78 is 31.1. The van der Waals surface area contributed by atoms with Crippen LogP contribution in [0.1, 0.15) is 40.2 Å². The van der Waals surface area contributed by atoms with E-state index >= 15 is 0 Å². The van der Waals surface area contributed by atoms with Crippen molar-refractivity contribution < 1.29 is 17.6 Å². The molecule has 2 unspecified atom stereocenters. The van der Waals surface area contributed by atoms with Gasteiger partial charge in [-0.15, -0.1) is 0 Å². The molecule has 1 N–H and O–H groups in total. The molecule has 0 saturated heterocycles. The molecule has 0 radical (unpaired) electrons. The number of carbonyl (C=O) groups excluding carboxylic acids is 1. The topological polar surface area (TPSA) is 79.6 Å². The minimum atomic E-state index is -3.36. The van der Waals surface area contributed by atoms with Gasteiger partial charge in [-0.05, 0) is 54.8 Å². The van der Waals surface area contributed by atoms with Crippen LogP contribution in [0.25, 0.3) is 0 Å². The minimum Gasteiger partial charge on any atom is -0.467 e. The van der Waals surface area contributed by atoms with Gasteiger partial charge in [0.1, 0.15) is 11.8 Å². The van der Waals surface area contributed by atoms with E-state index in [4.69, 9.17) is 4.42 Å². The third-order valence-corrected chi connectivity index (χ3v) is 6.36. The Morgan fingerprint density at radius 1 is 1.14 bits per heavy atom. The van der Waals surface area contributed by atoms with Crippen LogP contribution in [-0.4, -0.2) is 26.6 Å². The number of benzene rings is 2. The van der Waals surface area contributed by atoms with Crippen LogP contribution in [0.15, 0.2) is 71.3 Å². The molecule has 1 aliphatic rings. The first kappa shape index (κ1) is 19.3. The van der Waals surface area contributed by atoms with Crippen molar-refractivity contribution in [2.24, 2.45) is 0 Å². The zero-order chi connectivity index (χ0) is 20.6. The summed E-state index contributed by atoms with van der Waals surface area (Å²) in [6.07, 6.45) is 3.35. The lowest BCUT2D eigenvalue weighted by Gasteiger charge is -2.22. The Morgan fingerprint density at radius 2 is 1.90 bits per heavy atom. The smallest absolute Gasteiger partial charge is 0.252 e. The first-order chi connectivity index (χ1) is 13.8. The number of amides is 1. The lowest BCUT2D eigenvalue weighted by molar-refractivity contribution is 0.0939. The van der Waals surface area contributed by atoms with Gasteiger partial charge in [0.2, 0.25) is 10.0 Å². The van der Waals surface area contributed by atoms with Gasteiger partial charge in [-0.1, -0.05) is 30.3 Å². The molecular formula is C22H22N2O4S. The maximum atomic E-state index is 13.0. The van der Waals surface area contributed by atoms with Crippen LogP contribution in [0.4, 0.5) is 5.69 Å². The first-order valence-corrected chi connectivity index (χ1v) is 11.2. The van der Waals surface area contributed by atoms with Crippen molar-refractivity contribution in [3.05, 3.63) is 89.4 Å². The van der Waals surface area contributed by atoms with Gasteiger partial charge in [0.15, 0.2) is 0 Å². The molecule has 1 amide bonds. The fourth-order valence-corrected chi connectivity index (χ4v) is 5.15. The van der Waals surface area contributed by atoms with E-state index < -0.39 is 16.1 Å². The minimum absolute atomic E-state index is 0.168. The number of sulfonamides is 1. The quantitative estimate of drug-likeness (QED) is 0.698. The third-order valence-electron chi connectivity index (χ3n) is 5.09. The Balaban J connectivity index is 1.63. The monoisotopic (exact) mass is 410 g/mol. The van der Waals surface area contributed by atoms with Crippen molar-refractivity contribution >= 4 is 21.6 Å². The van der Waals surface area contributed by atoms with Crippen LogP contribution in [0, 0.1) is 0 Å². The van der Waals surface area contributed by atoms with Gasteiger partial charge in [0.25, 0.3) is 5.91 Å². The largest absolute Gasteiger partial charge is 0.467 e. The van der Waals surface area contributed by atoms with E-state index in [1.54, 1.807) is 30.5 Å². The molecule has 2 aromatic carbocycles. The summed E-state index contributed by atoms with van der Waals surface area (Å²) in [7, 11) is -3.36. The fraction of sp³-hybridized carbons (Fsp3) is 0.227. The molecular weight excluding hydrogens is 388 g/mol. The normalized spacial score (nSPS) is 17.0. The summed E-state index contributed by atoms with van der Waals surface area (Å²) in [4.78, 5) is 13.0. The maximum absolute atomic E-state index is 13.0. The number of fused-ring (bicyclic) bond motifs is 1. The molecule has 3 aromatic rings. The van der Waals surface area contributed by atoms with Crippen LogP contribution in [0.3, 0.4) is 0 Å². The number of hydrogen-bond acceptors (Lipinski definition) is 4. The fourth-order valence-electron chi connectivity index (χ4n) is 3.88. The number of nitrogens with zero attached hydrogens (tertiary/aromatic N) is 1. The molecule has 0 spiro atoms. The molecule has 0 aliphatic carbocycles. The van der Waals surface area contributed by atoms with E-state index in [-0.39, 0.29) is 11.9 Å². The molecule has 150 valence electrons. The van der Waals surface area contributed by atoms with E-state index in [9.17, 15) is 13.2 Å². The number of anilines is 1. The first-order valence-electron chi connectivity index (χ1n) is 9.36. The standard InChI is InChI=1S/C22H22N2O4S/c1-15-13-18-14-17(10-11-19(18)24(15)29(2,26)27)22(25)23-21(20-9-6-12-28-20)16-7-4-3-5-8-16/h3-12,14-15,21H,13H2,1-2H3,(H,23,25). The average Bonchev–Trinajstić information content (AvgIpc) is 3.32. The number of nitrogens with one attached hydrogen (secondary N) is 1. The van der Waals surface area contributed by atoms with Gasteiger partial charge in [-0.3, -0.25) is 9.10 Å². The van der Waals surface area contributed by atoms with Gasteiger partial charge in [-0.25, -0.2) is 8.42 Å². The molecule has 29 heavy (non-hydrogen) atoms. The van der Waals surface area contributed by atoms with Crippen LogP contribution in [0.5, 0.6) is 0 Å². The van der Waals surface area contributed by atoms with E-state index in [1.807, 2.05) is 43.3 Å². The number of furan rings is 1. The molecule has 0 fully saturated rings. The highest BCUT2D eigenvalue weighted by atomic mass is 32.2. The Labute approximate surface area is 170 Å². The zero-order valence-electron chi connectivity index (χ0n) is 16.2. The highest BCUT2D eigenvalue weighted by Gasteiger charge is 2.33. The molecule has 1 aromatic heterocycles. The van der Waals surface area contributed by atoms with Crippen molar-refractivity contribution in [2.45, 2.75) is 25.4 Å². The van der Waals surface area contributed by atoms with Crippen molar-refractivity contribution in [2.75, 3.05) is 10.6 Å². The number of carbonyl (C=O) groups is 1. The van der Waals surface area contributed by atoms with Crippen LogP contribution < -0.4 is 9.62 Å². The van der Waals surface area contributed by atoms with Crippen molar-refractivity contribution in [3.63, 3.8) is 0 Å². The molecule has 7 heteroatoms. The van der Waals surface area contributed by atoms with E-state index in [0.717, 1.165) is 11.1 Å². The highest BCUT2D eigenvalue weighted by molar-refractivity contribution is 7.92. The second-order valence-electron chi connectivity index (χ2n) is 7.29. The Kier molecular flexibility index (Phi) is 4.92. The second-order valence-corrected chi connectivity index (χ2v) is 9.15. The van der Waals surface area contributed by atoms with Gasteiger partial charge < -0.3 is 9.73 Å². The van der Waals surface area contributed by atoms with Gasteiger partial charge in [-0.2, -0.15) is 0 Å². The number of rotatable bonds is 5. The summed E-state index contributed by atoms with van der Waals surface area (Å²) in [5.74, 6) is 0.395. The average molecular weight is 410 g/mol. The lowest BCUT2D eigenvalue weighted by atomic mass is 10.0. The summed E-state index contributed by atoms with van der Waals surface area (Å²) in [6, 6.07) is 17.8. The predicted octanol–water partition coefficient (Wildman–Crippen LogP) is 3.51.